The third-order valence-electron chi connectivity index (χ3n) is 6.37. The van der Waals surface area contributed by atoms with Gasteiger partial charge in [-0.2, -0.15) is 5.26 Å². The Bertz CT molecular complexity index is 1180. The van der Waals surface area contributed by atoms with Crippen LogP contribution in [0.2, 0.25) is 0 Å². The largest absolute Gasteiger partial charge is 0.341 e. The van der Waals surface area contributed by atoms with Crippen LogP contribution in [0.25, 0.3) is 11.0 Å². The molecule has 0 unspecified atom stereocenters. The molecule has 2 heterocycles. The van der Waals surface area contributed by atoms with E-state index < -0.39 is 11.2 Å². The van der Waals surface area contributed by atoms with Gasteiger partial charge >= 0.3 is 0 Å². The van der Waals surface area contributed by atoms with Crippen molar-refractivity contribution in [1.82, 2.24) is 14.9 Å². The first-order valence-corrected chi connectivity index (χ1v) is 10.8. The number of hydrogen-bond donors (Lipinski definition) is 2. The molecule has 1 aliphatic heterocycles. The van der Waals surface area contributed by atoms with Gasteiger partial charge in [-0.25, -0.2) is 9.37 Å². The van der Waals surface area contributed by atoms with Gasteiger partial charge < -0.3 is 10.3 Å². The number of carbonyl (C=O) groups is 1. The van der Waals surface area contributed by atoms with Crippen molar-refractivity contribution >= 4 is 22.6 Å². The van der Waals surface area contributed by atoms with E-state index in [-0.39, 0.29) is 11.5 Å². The number of piperidine rings is 1. The second-order valence-electron chi connectivity index (χ2n) is 8.63. The van der Waals surface area contributed by atoms with Crippen molar-refractivity contribution in [2.45, 2.75) is 44.1 Å². The lowest BCUT2D eigenvalue weighted by Crippen LogP contribution is -2.29. The Morgan fingerprint density at radius 3 is 2.74 bits per heavy atom. The van der Waals surface area contributed by atoms with Crippen LogP contribution in [0.5, 0.6) is 0 Å². The van der Waals surface area contributed by atoms with Gasteiger partial charge in [0, 0.05) is 5.69 Å². The van der Waals surface area contributed by atoms with Gasteiger partial charge in [0.2, 0.25) is 5.91 Å². The molecule has 0 bridgehead atoms. The summed E-state index contributed by atoms with van der Waals surface area (Å²) >= 11 is 0. The van der Waals surface area contributed by atoms with Crippen LogP contribution >= 0.6 is 0 Å². The smallest absolute Gasteiger partial charge is 0.235 e. The predicted molar refractivity (Wildman–Crippen MR) is 116 cm³/mol. The normalized spacial score (nSPS) is 17.9. The van der Waals surface area contributed by atoms with Gasteiger partial charge in [0.05, 0.1) is 34.6 Å². The molecule has 7 heteroatoms. The molecule has 1 saturated carbocycles. The second-order valence-corrected chi connectivity index (χ2v) is 8.63. The van der Waals surface area contributed by atoms with Crippen molar-refractivity contribution in [2.24, 2.45) is 0 Å². The van der Waals surface area contributed by atoms with Gasteiger partial charge in [-0.3, -0.25) is 9.69 Å². The van der Waals surface area contributed by atoms with Crippen LogP contribution in [0, 0.1) is 17.1 Å². The molecule has 1 saturated heterocycles. The Kier molecular flexibility index (Phi) is 4.95. The Balaban J connectivity index is 1.33. The zero-order valence-corrected chi connectivity index (χ0v) is 17.2. The third kappa shape index (κ3) is 3.91. The SMILES string of the molecule is N#Cc1cc(F)cc(C2(C(=O)Nc3ccc4nc(CN5CCCCC5)[nH]c4c3)CC2)c1. The number of amides is 1. The minimum absolute atomic E-state index is 0.172. The second kappa shape index (κ2) is 7.78. The minimum atomic E-state index is -0.768. The maximum absolute atomic E-state index is 13.9. The molecule has 1 aliphatic carbocycles. The molecule has 1 aromatic heterocycles. The van der Waals surface area contributed by atoms with Crippen LogP contribution in [0.4, 0.5) is 10.1 Å². The number of benzene rings is 2. The quantitative estimate of drug-likeness (QED) is 0.651. The number of imidazole rings is 1. The van der Waals surface area contributed by atoms with Gasteiger partial charge in [-0.15, -0.1) is 0 Å². The van der Waals surface area contributed by atoms with E-state index in [4.69, 9.17) is 5.26 Å². The average Bonchev–Trinajstić information content (AvgIpc) is 3.49. The standard InChI is InChI=1S/C24H24FN5O/c25-18-11-16(14-26)10-17(12-18)24(6-7-24)23(31)27-19-4-5-20-21(13-19)29-22(28-20)15-30-8-2-1-3-9-30/h4-5,10-13H,1-3,6-9,15H2,(H,27,31)(H,28,29). The first kappa shape index (κ1) is 19.7. The van der Waals surface area contributed by atoms with Crippen molar-refractivity contribution < 1.29 is 9.18 Å². The van der Waals surface area contributed by atoms with Crippen LogP contribution in [0.15, 0.2) is 36.4 Å². The molecule has 0 spiro atoms. The molecule has 0 atom stereocenters. The molecule has 5 rings (SSSR count). The molecule has 31 heavy (non-hydrogen) atoms. The first-order valence-electron chi connectivity index (χ1n) is 10.8. The summed E-state index contributed by atoms with van der Waals surface area (Å²) in [7, 11) is 0. The van der Waals surface area contributed by atoms with Crippen molar-refractivity contribution in [3.05, 3.63) is 59.2 Å². The summed E-state index contributed by atoms with van der Waals surface area (Å²) < 4.78 is 13.9. The van der Waals surface area contributed by atoms with Crippen LogP contribution in [-0.2, 0) is 16.8 Å². The molecular formula is C24H24FN5O. The van der Waals surface area contributed by atoms with Crippen molar-refractivity contribution in [2.75, 3.05) is 18.4 Å². The topological polar surface area (TPSA) is 84.8 Å². The van der Waals surface area contributed by atoms with Gasteiger partial charge in [-0.1, -0.05) is 6.42 Å². The van der Waals surface area contributed by atoms with E-state index in [1.165, 1.54) is 31.4 Å². The van der Waals surface area contributed by atoms with Gasteiger partial charge in [-0.05, 0) is 80.7 Å². The fourth-order valence-corrected chi connectivity index (χ4v) is 4.50. The molecule has 0 radical (unpaired) electrons. The van der Waals surface area contributed by atoms with Crippen LogP contribution < -0.4 is 5.32 Å². The Hall–Kier alpha value is -3.24. The van der Waals surface area contributed by atoms with Gasteiger partial charge in [0.1, 0.15) is 11.6 Å². The number of halogens is 1. The van der Waals surface area contributed by atoms with Gasteiger partial charge in [0.15, 0.2) is 0 Å². The van der Waals surface area contributed by atoms with Gasteiger partial charge in [0.25, 0.3) is 0 Å². The monoisotopic (exact) mass is 417 g/mol. The highest BCUT2D eigenvalue weighted by Crippen LogP contribution is 2.49. The number of H-pyrrole nitrogens is 1. The predicted octanol–water partition coefficient (Wildman–Crippen LogP) is 4.23. The number of rotatable bonds is 5. The van der Waals surface area contributed by atoms with E-state index in [1.807, 2.05) is 24.3 Å². The molecular weight excluding hydrogens is 393 g/mol. The van der Waals surface area contributed by atoms with E-state index in [2.05, 4.69) is 20.2 Å². The van der Waals surface area contributed by atoms with E-state index in [0.29, 0.717) is 24.1 Å². The number of aromatic amines is 1. The molecule has 3 aromatic rings. The molecule has 158 valence electrons. The fraction of sp³-hybridized carbons (Fsp3) is 0.375. The number of aromatic nitrogens is 2. The molecule has 2 fully saturated rings. The molecule has 2 aromatic carbocycles. The average molecular weight is 417 g/mol. The summed E-state index contributed by atoms with van der Waals surface area (Å²) in [5.41, 5.74) is 2.45. The summed E-state index contributed by atoms with van der Waals surface area (Å²) in [6.45, 7) is 3.02. The van der Waals surface area contributed by atoms with E-state index in [0.717, 1.165) is 36.5 Å². The Morgan fingerprint density at radius 1 is 1.19 bits per heavy atom. The maximum atomic E-state index is 13.9. The number of nitriles is 1. The Labute approximate surface area is 180 Å². The van der Waals surface area contributed by atoms with E-state index in [1.54, 1.807) is 6.07 Å². The number of anilines is 1. The number of nitrogens with one attached hydrogen (secondary N) is 2. The highest BCUT2D eigenvalue weighted by molar-refractivity contribution is 6.02. The molecule has 1 amide bonds. The number of likely N-dealkylation sites (tertiary alicyclic amines) is 1. The first-order chi connectivity index (χ1) is 15.1. The zero-order chi connectivity index (χ0) is 21.4. The summed E-state index contributed by atoms with van der Waals surface area (Å²) in [6, 6.07) is 11.8. The summed E-state index contributed by atoms with van der Waals surface area (Å²) in [5.74, 6) is 0.269. The lowest BCUT2D eigenvalue weighted by Gasteiger charge is -2.25. The maximum Gasteiger partial charge on any atom is 0.235 e. The number of carbonyl (C=O) groups excluding carboxylic acids is 1. The van der Waals surface area contributed by atoms with Crippen LogP contribution in [0.3, 0.4) is 0 Å². The lowest BCUT2D eigenvalue weighted by molar-refractivity contribution is -0.118. The summed E-state index contributed by atoms with van der Waals surface area (Å²) in [5, 5.41) is 12.1. The highest BCUT2D eigenvalue weighted by atomic mass is 19.1. The minimum Gasteiger partial charge on any atom is -0.341 e. The summed E-state index contributed by atoms with van der Waals surface area (Å²) in [4.78, 5) is 23.5. The van der Waals surface area contributed by atoms with E-state index >= 15 is 0 Å². The number of nitrogens with zero attached hydrogens (tertiary/aromatic N) is 3. The number of fused-ring (bicyclic) bond motifs is 1. The van der Waals surface area contributed by atoms with Crippen molar-refractivity contribution in [1.29, 1.82) is 5.26 Å². The third-order valence-corrected chi connectivity index (χ3v) is 6.37. The Morgan fingerprint density at radius 2 is 2.00 bits per heavy atom. The van der Waals surface area contributed by atoms with E-state index in [9.17, 15) is 9.18 Å². The van der Waals surface area contributed by atoms with Crippen molar-refractivity contribution in [3.63, 3.8) is 0 Å². The summed E-state index contributed by atoms with van der Waals surface area (Å²) in [6.07, 6.45) is 5.05. The van der Waals surface area contributed by atoms with Crippen molar-refractivity contribution in [3.8, 4) is 6.07 Å². The van der Waals surface area contributed by atoms with Crippen LogP contribution in [-0.4, -0.2) is 33.9 Å². The molecule has 2 aliphatic rings. The lowest BCUT2D eigenvalue weighted by atomic mass is 9.93. The zero-order valence-electron chi connectivity index (χ0n) is 17.2. The fourth-order valence-electron chi connectivity index (χ4n) is 4.50. The molecule has 6 nitrogen and oxygen atoms in total. The molecule has 2 N–H and O–H groups in total. The van der Waals surface area contributed by atoms with Crippen LogP contribution in [0.1, 0.15) is 49.1 Å². The number of hydrogen-bond acceptors (Lipinski definition) is 4. The highest BCUT2D eigenvalue weighted by Gasteiger charge is 2.51.